The van der Waals surface area contributed by atoms with E-state index in [4.69, 9.17) is 4.74 Å². The Morgan fingerprint density at radius 2 is 1.93 bits per heavy atom. The van der Waals surface area contributed by atoms with Crippen LogP contribution in [0.1, 0.15) is 30.4 Å². The maximum Gasteiger partial charge on any atom is 0.229 e. The number of fused-ring (bicyclic) bond motifs is 1. The molecular weight excluding hydrogens is 394 g/mol. The molecule has 1 amide bonds. The standard InChI is InChI=1S/C24H25N3O2S/c1-2-29-20-10-8-19(9-11-20)21-14-23(28)27-16-26(17-30-24(27)22(21)15-25)13-12-18-6-4-3-5-7-18/h3-11,21H,2,12-14,16-17H2,1H3. The molecule has 30 heavy (non-hydrogen) atoms. The number of carbonyl (C=O) groups excluding carboxylic acids is 1. The van der Waals surface area contributed by atoms with Crippen molar-refractivity contribution in [1.82, 2.24) is 9.80 Å². The minimum atomic E-state index is -0.187. The number of carbonyl (C=O) groups is 1. The van der Waals surface area contributed by atoms with Crippen LogP contribution in [0.15, 0.2) is 65.2 Å². The zero-order valence-corrected chi connectivity index (χ0v) is 17.9. The van der Waals surface area contributed by atoms with E-state index >= 15 is 0 Å². The van der Waals surface area contributed by atoms with Gasteiger partial charge in [-0.15, -0.1) is 0 Å². The van der Waals surface area contributed by atoms with Crippen LogP contribution in [-0.4, -0.2) is 41.4 Å². The Hall–Kier alpha value is -2.75. The largest absolute Gasteiger partial charge is 0.494 e. The van der Waals surface area contributed by atoms with Gasteiger partial charge in [-0.1, -0.05) is 54.2 Å². The van der Waals surface area contributed by atoms with Gasteiger partial charge in [-0.05, 0) is 36.6 Å². The molecule has 0 aromatic heterocycles. The lowest BCUT2D eigenvalue weighted by molar-refractivity contribution is -0.131. The quantitative estimate of drug-likeness (QED) is 0.697. The van der Waals surface area contributed by atoms with Crippen LogP contribution in [0.2, 0.25) is 0 Å². The maximum atomic E-state index is 13.0. The second-order valence-electron chi connectivity index (χ2n) is 7.46. The van der Waals surface area contributed by atoms with E-state index in [1.807, 2.05) is 37.3 Å². The molecule has 2 aliphatic rings. The van der Waals surface area contributed by atoms with Crippen LogP contribution in [-0.2, 0) is 11.2 Å². The fourth-order valence-electron chi connectivity index (χ4n) is 3.93. The maximum absolute atomic E-state index is 13.0. The van der Waals surface area contributed by atoms with Gasteiger partial charge < -0.3 is 4.74 Å². The summed E-state index contributed by atoms with van der Waals surface area (Å²) in [7, 11) is 0. The average molecular weight is 420 g/mol. The SMILES string of the molecule is CCOc1ccc(C2CC(=O)N3CN(CCc4ccccc4)CSC3=C2C#N)cc1. The summed E-state index contributed by atoms with van der Waals surface area (Å²) in [4.78, 5) is 17.0. The van der Waals surface area contributed by atoms with Gasteiger partial charge in [0.25, 0.3) is 0 Å². The first-order valence-corrected chi connectivity index (χ1v) is 11.2. The van der Waals surface area contributed by atoms with Gasteiger partial charge in [-0.3, -0.25) is 14.6 Å². The van der Waals surface area contributed by atoms with Crippen LogP contribution < -0.4 is 4.74 Å². The number of allylic oxidation sites excluding steroid dienone is 1. The normalized spacial score (nSPS) is 19.4. The molecule has 1 saturated heterocycles. The lowest BCUT2D eigenvalue weighted by atomic mass is 9.86. The molecule has 2 aromatic rings. The molecule has 1 atom stereocenters. The van der Waals surface area contributed by atoms with Crippen molar-refractivity contribution in [1.29, 1.82) is 5.26 Å². The van der Waals surface area contributed by atoms with Gasteiger partial charge in [0.1, 0.15) is 5.75 Å². The molecule has 1 unspecified atom stereocenters. The molecule has 0 radical (unpaired) electrons. The number of benzene rings is 2. The number of thioether (sulfide) groups is 1. The molecule has 2 aliphatic heterocycles. The zero-order valence-electron chi connectivity index (χ0n) is 17.1. The van der Waals surface area contributed by atoms with Crippen molar-refractivity contribution in [3.05, 3.63) is 76.3 Å². The molecule has 0 aliphatic carbocycles. The van der Waals surface area contributed by atoms with E-state index < -0.39 is 0 Å². The predicted octanol–water partition coefficient (Wildman–Crippen LogP) is 4.34. The number of ether oxygens (including phenoxy) is 1. The van der Waals surface area contributed by atoms with Crippen LogP contribution in [0.5, 0.6) is 5.75 Å². The van der Waals surface area contributed by atoms with Crippen molar-refractivity contribution >= 4 is 17.7 Å². The summed E-state index contributed by atoms with van der Waals surface area (Å²) < 4.78 is 5.51. The van der Waals surface area contributed by atoms with Gasteiger partial charge in [0.05, 0.1) is 35.8 Å². The molecule has 2 aromatic carbocycles. The van der Waals surface area contributed by atoms with Gasteiger partial charge in [-0.25, -0.2) is 0 Å². The monoisotopic (exact) mass is 419 g/mol. The molecule has 1 fully saturated rings. The van der Waals surface area contributed by atoms with Crippen molar-refractivity contribution in [2.45, 2.75) is 25.7 Å². The molecule has 0 N–H and O–H groups in total. The third-order valence-corrected chi connectivity index (χ3v) is 6.71. The average Bonchev–Trinajstić information content (AvgIpc) is 2.79. The van der Waals surface area contributed by atoms with Crippen molar-refractivity contribution in [3.8, 4) is 11.8 Å². The highest BCUT2D eigenvalue weighted by Crippen LogP contribution is 2.42. The van der Waals surface area contributed by atoms with E-state index in [0.717, 1.165) is 35.2 Å². The number of amides is 1. The highest BCUT2D eigenvalue weighted by Gasteiger charge is 2.38. The van der Waals surface area contributed by atoms with E-state index in [0.29, 0.717) is 25.3 Å². The molecule has 0 bridgehead atoms. The van der Waals surface area contributed by atoms with E-state index in [1.54, 1.807) is 16.7 Å². The van der Waals surface area contributed by atoms with E-state index in [-0.39, 0.29) is 11.8 Å². The van der Waals surface area contributed by atoms with Crippen LogP contribution >= 0.6 is 11.8 Å². The van der Waals surface area contributed by atoms with Crippen LogP contribution in [0.4, 0.5) is 0 Å². The van der Waals surface area contributed by atoms with Crippen molar-refractivity contribution in [2.24, 2.45) is 0 Å². The molecular formula is C24H25N3O2S. The van der Waals surface area contributed by atoms with Gasteiger partial charge in [-0.2, -0.15) is 5.26 Å². The summed E-state index contributed by atoms with van der Waals surface area (Å²) in [6, 6.07) is 20.5. The summed E-state index contributed by atoms with van der Waals surface area (Å²) in [6.07, 6.45) is 1.27. The summed E-state index contributed by atoms with van der Waals surface area (Å²) in [6.45, 7) is 4.00. The summed E-state index contributed by atoms with van der Waals surface area (Å²) in [5.74, 6) is 1.48. The Kier molecular flexibility index (Phi) is 6.41. The van der Waals surface area contributed by atoms with Crippen molar-refractivity contribution in [2.75, 3.05) is 25.7 Å². The highest BCUT2D eigenvalue weighted by molar-refractivity contribution is 8.03. The molecule has 4 rings (SSSR count). The van der Waals surface area contributed by atoms with Gasteiger partial charge in [0.2, 0.25) is 5.91 Å². The van der Waals surface area contributed by atoms with Crippen molar-refractivity contribution in [3.63, 3.8) is 0 Å². The molecule has 5 nitrogen and oxygen atoms in total. The van der Waals surface area contributed by atoms with Crippen LogP contribution in [0, 0.1) is 11.3 Å². The Balaban J connectivity index is 1.49. The van der Waals surface area contributed by atoms with Crippen LogP contribution in [0.3, 0.4) is 0 Å². The number of nitriles is 1. The smallest absolute Gasteiger partial charge is 0.229 e. The second kappa shape index (κ2) is 9.38. The topological polar surface area (TPSA) is 56.6 Å². The van der Waals surface area contributed by atoms with Gasteiger partial charge in [0.15, 0.2) is 0 Å². The molecule has 2 heterocycles. The van der Waals surface area contributed by atoms with Crippen molar-refractivity contribution < 1.29 is 9.53 Å². The summed E-state index contributed by atoms with van der Waals surface area (Å²) in [5, 5.41) is 10.7. The van der Waals surface area contributed by atoms with E-state index in [9.17, 15) is 10.1 Å². The number of rotatable bonds is 6. The van der Waals surface area contributed by atoms with E-state index in [2.05, 4.69) is 35.2 Å². The van der Waals surface area contributed by atoms with Gasteiger partial charge in [0, 0.05) is 18.9 Å². The molecule has 154 valence electrons. The summed E-state index contributed by atoms with van der Waals surface area (Å²) >= 11 is 1.60. The first-order valence-electron chi connectivity index (χ1n) is 10.3. The number of nitrogens with zero attached hydrogens (tertiary/aromatic N) is 3. The Morgan fingerprint density at radius 3 is 2.63 bits per heavy atom. The molecule has 0 saturated carbocycles. The Labute approximate surface area is 181 Å². The lowest BCUT2D eigenvalue weighted by Gasteiger charge is -2.41. The first kappa shape index (κ1) is 20.5. The highest BCUT2D eigenvalue weighted by atomic mass is 32.2. The fraction of sp³-hybridized carbons (Fsp3) is 0.333. The lowest BCUT2D eigenvalue weighted by Crippen LogP contribution is -2.47. The fourth-order valence-corrected chi connectivity index (χ4v) is 5.10. The minimum absolute atomic E-state index is 0.0831. The minimum Gasteiger partial charge on any atom is -0.494 e. The molecule has 6 heteroatoms. The van der Waals surface area contributed by atoms with E-state index in [1.165, 1.54) is 5.56 Å². The first-order chi connectivity index (χ1) is 14.7. The van der Waals surface area contributed by atoms with Crippen LogP contribution in [0.25, 0.3) is 0 Å². The zero-order chi connectivity index (χ0) is 20.9. The number of hydrogen-bond donors (Lipinski definition) is 0. The predicted molar refractivity (Wildman–Crippen MR) is 119 cm³/mol. The third-order valence-electron chi connectivity index (χ3n) is 5.50. The molecule has 0 spiro atoms. The summed E-state index contributed by atoms with van der Waals surface area (Å²) in [5.41, 5.74) is 2.98. The Morgan fingerprint density at radius 1 is 1.17 bits per heavy atom. The van der Waals surface area contributed by atoms with Gasteiger partial charge >= 0.3 is 0 Å². The number of hydrogen-bond acceptors (Lipinski definition) is 5. The second-order valence-corrected chi connectivity index (χ2v) is 8.39. The Bertz CT molecular complexity index is 966. The third kappa shape index (κ3) is 4.38.